The quantitative estimate of drug-likeness (QED) is 0.398. The zero-order valence-corrected chi connectivity index (χ0v) is 22.7. The molecule has 0 radical (unpaired) electrons. The van der Waals surface area contributed by atoms with Crippen LogP contribution in [0.5, 0.6) is 5.75 Å². The maximum Gasteiger partial charge on any atom is 0.225 e. The number of nitrogens with one attached hydrogen (secondary N) is 1. The van der Waals surface area contributed by atoms with Gasteiger partial charge in [-0.15, -0.1) is 0 Å². The van der Waals surface area contributed by atoms with Gasteiger partial charge in [-0.05, 0) is 63.9 Å². The first-order valence-electron chi connectivity index (χ1n) is 12.9. The number of benzene rings is 1. The molecule has 5 rings (SSSR count). The van der Waals surface area contributed by atoms with Crippen LogP contribution in [0.3, 0.4) is 0 Å². The summed E-state index contributed by atoms with van der Waals surface area (Å²) in [6, 6.07) is 4.65. The van der Waals surface area contributed by atoms with Crippen LogP contribution in [0, 0.1) is 11.7 Å². The summed E-state index contributed by atoms with van der Waals surface area (Å²) in [6.07, 6.45) is 8.33. The second-order valence-electron chi connectivity index (χ2n) is 9.91. The Morgan fingerprint density at radius 1 is 1.16 bits per heavy atom. The van der Waals surface area contributed by atoms with Gasteiger partial charge in [0.2, 0.25) is 5.91 Å². The summed E-state index contributed by atoms with van der Waals surface area (Å²) in [5.41, 5.74) is 8.07. The molecule has 202 valence electrons. The Morgan fingerprint density at radius 3 is 2.63 bits per heavy atom. The molecule has 2 fully saturated rings. The molecule has 1 unspecified atom stereocenters. The number of nitrogen functional groups attached to an aromatic ring is 1. The van der Waals surface area contributed by atoms with Crippen molar-refractivity contribution in [1.29, 1.82) is 0 Å². The number of nitrogens with zero attached hydrogens (tertiary/aromatic N) is 4. The first-order chi connectivity index (χ1) is 18.3. The molecular weight excluding hydrogens is 530 g/mol. The number of piperidine rings is 2. The summed E-state index contributed by atoms with van der Waals surface area (Å²) in [6.45, 7) is 5.04. The fourth-order valence-corrected chi connectivity index (χ4v) is 5.91. The van der Waals surface area contributed by atoms with Gasteiger partial charge in [0, 0.05) is 53.1 Å². The number of amides is 1. The number of pyridine rings is 1. The summed E-state index contributed by atoms with van der Waals surface area (Å²) in [5, 5.41) is 8.14. The van der Waals surface area contributed by atoms with Gasteiger partial charge in [-0.25, -0.2) is 9.37 Å². The average Bonchev–Trinajstić information content (AvgIpc) is 3.43. The van der Waals surface area contributed by atoms with E-state index in [0.717, 1.165) is 63.0 Å². The van der Waals surface area contributed by atoms with Crippen molar-refractivity contribution < 1.29 is 13.9 Å². The molecule has 0 saturated carbocycles. The number of hydrogen-bond donors (Lipinski definition) is 2. The number of likely N-dealkylation sites (tertiary alicyclic amines) is 1. The number of nitrogens with two attached hydrogens (primary N) is 1. The van der Waals surface area contributed by atoms with Crippen molar-refractivity contribution in [3.63, 3.8) is 0 Å². The van der Waals surface area contributed by atoms with Gasteiger partial charge in [0.15, 0.2) is 11.6 Å². The van der Waals surface area contributed by atoms with Crippen molar-refractivity contribution in [3.8, 4) is 16.9 Å². The summed E-state index contributed by atoms with van der Waals surface area (Å²) in [4.78, 5) is 19.2. The van der Waals surface area contributed by atoms with Gasteiger partial charge in [-0.1, -0.05) is 23.2 Å². The number of rotatable bonds is 6. The highest BCUT2D eigenvalue weighted by atomic mass is 35.5. The van der Waals surface area contributed by atoms with Crippen molar-refractivity contribution >= 4 is 34.9 Å². The van der Waals surface area contributed by atoms with Gasteiger partial charge in [0.25, 0.3) is 0 Å². The molecule has 2 aliphatic heterocycles. The normalized spacial score (nSPS) is 17.9. The summed E-state index contributed by atoms with van der Waals surface area (Å²) in [5.74, 6) is 0.400. The smallest absolute Gasteiger partial charge is 0.225 e. The van der Waals surface area contributed by atoms with E-state index in [1.54, 1.807) is 25.4 Å². The number of aromatic nitrogens is 3. The van der Waals surface area contributed by atoms with Gasteiger partial charge in [-0.2, -0.15) is 5.10 Å². The fraction of sp³-hybridized carbons (Fsp3) is 0.444. The van der Waals surface area contributed by atoms with Gasteiger partial charge < -0.3 is 20.7 Å². The standard InChI is InChI=1S/C27H31Cl2FN6O2/c1-16(24-21(28)2-3-22(30)25(24)29)38-23-12-18(13-33-26(23)31)19-14-34-36(15-19)20-6-10-35(11-7-20)27(37)17-4-8-32-9-5-17/h2-3,12-17,20,32H,4-11H2,1H3,(H2,31,33). The number of carbonyl (C=O) groups excluding carboxylic acids is 1. The van der Waals surface area contributed by atoms with E-state index >= 15 is 0 Å². The molecular formula is C27H31Cl2FN6O2. The average molecular weight is 561 g/mol. The van der Waals surface area contributed by atoms with E-state index in [-0.39, 0.29) is 22.8 Å². The van der Waals surface area contributed by atoms with Crippen LogP contribution in [0.2, 0.25) is 10.0 Å². The monoisotopic (exact) mass is 560 g/mol. The van der Waals surface area contributed by atoms with E-state index in [9.17, 15) is 9.18 Å². The Labute approximate surface area is 231 Å². The fourth-order valence-electron chi connectivity index (χ4n) is 5.24. The third-order valence-corrected chi connectivity index (χ3v) is 8.16. The van der Waals surface area contributed by atoms with E-state index in [4.69, 9.17) is 33.7 Å². The molecule has 38 heavy (non-hydrogen) atoms. The van der Waals surface area contributed by atoms with Gasteiger partial charge in [-0.3, -0.25) is 9.48 Å². The highest BCUT2D eigenvalue weighted by molar-refractivity contribution is 6.36. The molecule has 2 saturated heterocycles. The molecule has 1 aromatic carbocycles. The number of carbonyl (C=O) groups is 1. The van der Waals surface area contributed by atoms with Crippen LogP contribution in [0.15, 0.2) is 36.8 Å². The van der Waals surface area contributed by atoms with Gasteiger partial charge in [0.05, 0.1) is 17.3 Å². The van der Waals surface area contributed by atoms with Crippen molar-refractivity contribution in [1.82, 2.24) is 25.0 Å². The molecule has 2 aliphatic rings. The lowest BCUT2D eigenvalue weighted by atomic mass is 9.95. The minimum atomic E-state index is -0.662. The maximum atomic E-state index is 14.0. The van der Waals surface area contributed by atoms with E-state index in [1.165, 1.54) is 12.1 Å². The van der Waals surface area contributed by atoms with Crippen molar-refractivity contribution in [3.05, 3.63) is 58.2 Å². The van der Waals surface area contributed by atoms with Crippen LogP contribution in [0.1, 0.15) is 50.3 Å². The lowest BCUT2D eigenvalue weighted by Gasteiger charge is -2.35. The van der Waals surface area contributed by atoms with Crippen LogP contribution in [0.25, 0.3) is 11.1 Å². The molecule has 0 aliphatic carbocycles. The van der Waals surface area contributed by atoms with E-state index in [2.05, 4.69) is 15.4 Å². The Hall–Kier alpha value is -2.88. The minimum absolute atomic E-state index is 0.0857. The van der Waals surface area contributed by atoms with Crippen LogP contribution < -0.4 is 15.8 Å². The molecule has 0 bridgehead atoms. The first-order valence-corrected chi connectivity index (χ1v) is 13.7. The number of halogens is 3. The van der Waals surface area contributed by atoms with E-state index in [0.29, 0.717) is 22.2 Å². The van der Waals surface area contributed by atoms with Crippen molar-refractivity contribution in [2.45, 2.75) is 44.8 Å². The lowest BCUT2D eigenvalue weighted by Crippen LogP contribution is -2.44. The Kier molecular flexibility index (Phi) is 8.07. The van der Waals surface area contributed by atoms with Crippen LogP contribution in [-0.4, -0.2) is 51.8 Å². The Balaban J connectivity index is 1.26. The topological polar surface area (TPSA) is 98.3 Å². The van der Waals surface area contributed by atoms with Crippen molar-refractivity contribution in [2.24, 2.45) is 5.92 Å². The third kappa shape index (κ3) is 5.60. The third-order valence-electron chi connectivity index (χ3n) is 7.44. The van der Waals surface area contributed by atoms with Gasteiger partial charge >= 0.3 is 0 Å². The molecule has 3 N–H and O–H groups in total. The highest BCUT2D eigenvalue weighted by Crippen LogP contribution is 2.37. The minimum Gasteiger partial charge on any atom is -0.482 e. The summed E-state index contributed by atoms with van der Waals surface area (Å²) >= 11 is 12.4. The zero-order chi connectivity index (χ0) is 26.8. The largest absolute Gasteiger partial charge is 0.482 e. The predicted molar refractivity (Wildman–Crippen MR) is 146 cm³/mol. The second-order valence-corrected chi connectivity index (χ2v) is 10.7. The second kappa shape index (κ2) is 11.5. The molecule has 1 atom stereocenters. The molecule has 1 amide bonds. The highest BCUT2D eigenvalue weighted by Gasteiger charge is 2.30. The molecule has 4 heterocycles. The lowest BCUT2D eigenvalue weighted by molar-refractivity contribution is -0.137. The van der Waals surface area contributed by atoms with Crippen molar-refractivity contribution in [2.75, 3.05) is 31.9 Å². The molecule has 11 heteroatoms. The Morgan fingerprint density at radius 2 is 1.89 bits per heavy atom. The summed E-state index contributed by atoms with van der Waals surface area (Å²) in [7, 11) is 0. The van der Waals surface area contributed by atoms with E-state index < -0.39 is 11.9 Å². The predicted octanol–water partition coefficient (Wildman–Crippen LogP) is 5.28. The maximum absolute atomic E-state index is 14.0. The Bertz CT molecular complexity index is 1300. The SMILES string of the molecule is CC(Oc1cc(-c2cnn(C3CCN(C(=O)C4CCNCC4)CC3)c2)cnc1N)c1c(Cl)ccc(F)c1Cl. The summed E-state index contributed by atoms with van der Waals surface area (Å²) < 4.78 is 22.0. The first kappa shape index (κ1) is 26.7. The number of ether oxygens (including phenoxy) is 1. The van der Waals surface area contributed by atoms with Crippen LogP contribution >= 0.6 is 23.2 Å². The van der Waals surface area contributed by atoms with E-state index in [1.807, 2.05) is 15.8 Å². The zero-order valence-electron chi connectivity index (χ0n) is 21.2. The molecule has 0 spiro atoms. The molecule has 8 nitrogen and oxygen atoms in total. The van der Waals surface area contributed by atoms with Crippen LogP contribution in [-0.2, 0) is 4.79 Å². The number of hydrogen-bond acceptors (Lipinski definition) is 6. The number of anilines is 1. The van der Waals surface area contributed by atoms with Crippen LogP contribution in [0.4, 0.5) is 10.2 Å². The molecule has 2 aromatic heterocycles. The van der Waals surface area contributed by atoms with Gasteiger partial charge in [0.1, 0.15) is 11.9 Å². The molecule has 3 aromatic rings.